The molecule has 0 bridgehead atoms. The standard InChI is InChI=1S/C15H25N3O2/c1-2-17(10-9-15(19)20)12-13-8-11-18(16-13)14-6-4-3-5-7-14/h8,11,14H,2-7,9-10,12H2,1H3,(H,19,20). The van der Waals surface area contributed by atoms with Crippen LogP contribution >= 0.6 is 0 Å². The van der Waals surface area contributed by atoms with Crippen molar-refractivity contribution in [1.82, 2.24) is 14.7 Å². The summed E-state index contributed by atoms with van der Waals surface area (Å²) in [5, 5.41) is 13.4. The van der Waals surface area contributed by atoms with Crippen molar-refractivity contribution >= 4 is 5.97 Å². The van der Waals surface area contributed by atoms with Crippen LogP contribution in [-0.4, -0.2) is 38.8 Å². The van der Waals surface area contributed by atoms with Crippen molar-refractivity contribution in [2.45, 2.75) is 58.0 Å². The Kier molecular flexibility index (Phi) is 5.59. The first kappa shape index (κ1) is 15.0. The fourth-order valence-corrected chi connectivity index (χ4v) is 2.84. The van der Waals surface area contributed by atoms with Gasteiger partial charge >= 0.3 is 5.97 Å². The number of aliphatic carboxylic acids is 1. The van der Waals surface area contributed by atoms with Crippen LogP contribution < -0.4 is 0 Å². The highest BCUT2D eigenvalue weighted by molar-refractivity contribution is 5.66. The smallest absolute Gasteiger partial charge is 0.304 e. The lowest BCUT2D eigenvalue weighted by Gasteiger charge is -2.22. The van der Waals surface area contributed by atoms with E-state index in [0.717, 1.165) is 18.8 Å². The molecule has 1 N–H and O–H groups in total. The summed E-state index contributed by atoms with van der Waals surface area (Å²) in [6.07, 6.45) is 8.70. The van der Waals surface area contributed by atoms with Gasteiger partial charge in [0.05, 0.1) is 18.2 Å². The van der Waals surface area contributed by atoms with Gasteiger partial charge in [-0.3, -0.25) is 14.4 Å². The van der Waals surface area contributed by atoms with Gasteiger partial charge in [0.25, 0.3) is 0 Å². The topological polar surface area (TPSA) is 58.4 Å². The highest BCUT2D eigenvalue weighted by Crippen LogP contribution is 2.27. The molecule has 0 radical (unpaired) electrons. The zero-order valence-corrected chi connectivity index (χ0v) is 12.3. The Morgan fingerprint density at radius 3 is 2.85 bits per heavy atom. The van der Waals surface area contributed by atoms with Crippen LogP contribution in [0.4, 0.5) is 0 Å². The molecule has 5 nitrogen and oxygen atoms in total. The van der Waals surface area contributed by atoms with Gasteiger partial charge in [-0.2, -0.15) is 5.10 Å². The monoisotopic (exact) mass is 279 g/mol. The highest BCUT2D eigenvalue weighted by Gasteiger charge is 2.16. The molecule has 1 fully saturated rings. The summed E-state index contributed by atoms with van der Waals surface area (Å²) in [7, 11) is 0. The molecule has 0 saturated heterocycles. The van der Waals surface area contributed by atoms with Crippen LogP contribution in [0.25, 0.3) is 0 Å². The Bertz CT molecular complexity index is 425. The molecule has 0 unspecified atom stereocenters. The summed E-state index contributed by atoms with van der Waals surface area (Å²) in [5.41, 5.74) is 1.04. The maximum atomic E-state index is 10.6. The van der Waals surface area contributed by atoms with Crippen molar-refractivity contribution < 1.29 is 9.90 Å². The van der Waals surface area contributed by atoms with Crippen molar-refractivity contribution in [3.05, 3.63) is 18.0 Å². The second-order valence-corrected chi connectivity index (χ2v) is 5.59. The van der Waals surface area contributed by atoms with Crippen molar-refractivity contribution in [3.63, 3.8) is 0 Å². The quantitative estimate of drug-likeness (QED) is 0.833. The van der Waals surface area contributed by atoms with Gasteiger partial charge in [-0.25, -0.2) is 0 Å². The summed E-state index contributed by atoms with van der Waals surface area (Å²) >= 11 is 0. The first-order chi connectivity index (χ1) is 9.69. The van der Waals surface area contributed by atoms with E-state index in [4.69, 9.17) is 5.11 Å². The second kappa shape index (κ2) is 7.43. The molecule has 2 rings (SSSR count). The lowest BCUT2D eigenvalue weighted by molar-refractivity contribution is -0.137. The van der Waals surface area contributed by atoms with E-state index in [1.165, 1.54) is 32.1 Å². The van der Waals surface area contributed by atoms with Gasteiger partial charge < -0.3 is 5.11 Å². The number of nitrogens with zero attached hydrogens (tertiary/aromatic N) is 3. The van der Waals surface area contributed by atoms with E-state index in [9.17, 15) is 4.79 Å². The molecule has 0 amide bonds. The van der Waals surface area contributed by atoms with Gasteiger partial charge in [-0.15, -0.1) is 0 Å². The molecule has 1 aliphatic carbocycles. The van der Waals surface area contributed by atoms with Crippen LogP contribution in [-0.2, 0) is 11.3 Å². The highest BCUT2D eigenvalue weighted by atomic mass is 16.4. The van der Waals surface area contributed by atoms with Crippen LogP contribution in [0.15, 0.2) is 12.3 Å². The lowest BCUT2D eigenvalue weighted by atomic mass is 9.96. The Morgan fingerprint density at radius 1 is 1.45 bits per heavy atom. The van der Waals surface area contributed by atoms with E-state index in [0.29, 0.717) is 12.6 Å². The van der Waals surface area contributed by atoms with Crippen molar-refractivity contribution in [2.24, 2.45) is 0 Å². The molecule has 0 spiro atoms. The number of rotatable bonds is 7. The zero-order valence-electron chi connectivity index (χ0n) is 12.3. The fourth-order valence-electron chi connectivity index (χ4n) is 2.84. The molecule has 1 aromatic heterocycles. The molecule has 1 heterocycles. The summed E-state index contributed by atoms with van der Waals surface area (Å²) in [4.78, 5) is 12.8. The number of hydrogen-bond acceptors (Lipinski definition) is 3. The third-order valence-corrected chi connectivity index (χ3v) is 4.09. The number of aromatic nitrogens is 2. The minimum atomic E-state index is -0.740. The molecular formula is C15H25N3O2. The molecule has 5 heteroatoms. The number of carboxylic acid groups (broad SMARTS) is 1. The molecule has 1 aromatic rings. The summed E-state index contributed by atoms with van der Waals surface area (Å²) < 4.78 is 2.11. The molecular weight excluding hydrogens is 254 g/mol. The molecule has 1 aliphatic rings. The first-order valence-electron chi connectivity index (χ1n) is 7.67. The molecule has 1 saturated carbocycles. The van der Waals surface area contributed by atoms with Gasteiger partial charge in [0.2, 0.25) is 0 Å². The van der Waals surface area contributed by atoms with Crippen LogP contribution in [0.5, 0.6) is 0 Å². The second-order valence-electron chi connectivity index (χ2n) is 5.59. The molecule has 0 aromatic carbocycles. The lowest BCUT2D eigenvalue weighted by Crippen LogP contribution is -2.26. The third kappa shape index (κ3) is 4.34. The minimum Gasteiger partial charge on any atom is -0.481 e. The van der Waals surface area contributed by atoms with Crippen LogP contribution in [0.3, 0.4) is 0 Å². The van der Waals surface area contributed by atoms with Crippen LogP contribution in [0.1, 0.15) is 57.2 Å². The largest absolute Gasteiger partial charge is 0.481 e. The average Bonchev–Trinajstić information content (AvgIpc) is 2.92. The van der Waals surface area contributed by atoms with E-state index in [1.807, 2.05) is 0 Å². The minimum absolute atomic E-state index is 0.192. The average molecular weight is 279 g/mol. The number of hydrogen-bond donors (Lipinski definition) is 1. The van der Waals surface area contributed by atoms with Crippen molar-refractivity contribution in [3.8, 4) is 0 Å². The van der Waals surface area contributed by atoms with Gasteiger partial charge in [-0.1, -0.05) is 26.2 Å². The zero-order chi connectivity index (χ0) is 14.4. The Labute approximate surface area is 120 Å². The van der Waals surface area contributed by atoms with Gasteiger partial charge in [0, 0.05) is 19.3 Å². The molecule has 0 atom stereocenters. The summed E-state index contributed by atoms with van der Waals surface area (Å²) in [5.74, 6) is -0.740. The molecule has 112 valence electrons. The predicted molar refractivity (Wildman–Crippen MR) is 77.6 cm³/mol. The van der Waals surface area contributed by atoms with Crippen molar-refractivity contribution in [2.75, 3.05) is 13.1 Å². The Hall–Kier alpha value is -1.36. The van der Waals surface area contributed by atoms with Crippen LogP contribution in [0, 0.1) is 0 Å². The van der Waals surface area contributed by atoms with Crippen LogP contribution in [0.2, 0.25) is 0 Å². The third-order valence-electron chi connectivity index (χ3n) is 4.09. The van der Waals surface area contributed by atoms with Crippen molar-refractivity contribution in [1.29, 1.82) is 0 Å². The SMILES string of the molecule is CCN(CCC(=O)O)Cc1ccn(C2CCCCC2)n1. The maximum absolute atomic E-state index is 10.6. The molecule has 20 heavy (non-hydrogen) atoms. The number of carboxylic acids is 1. The van der Waals surface area contributed by atoms with E-state index in [2.05, 4.69) is 33.9 Å². The summed E-state index contributed by atoms with van der Waals surface area (Å²) in [6, 6.07) is 2.63. The van der Waals surface area contributed by atoms with E-state index < -0.39 is 5.97 Å². The molecule has 0 aliphatic heterocycles. The van der Waals surface area contributed by atoms with Gasteiger partial charge in [-0.05, 0) is 25.5 Å². The Morgan fingerprint density at radius 2 is 2.20 bits per heavy atom. The number of carbonyl (C=O) groups is 1. The first-order valence-corrected chi connectivity index (χ1v) is 7.67. The predicted octanol–water partition coefficient (Wildman–Crippen LogP) is 2.68. The maximum Gasteiger partial charge on any atom is 0.304 e. The van der Waals surface area contributed by atoms with E-state index in [1.54, 1.807) is 0 Å². The Balaban J connectivity index is 1.88. The van der Waals surface area contributed by atoms with E-state index >= 15 is 0 Å². The van der Waals surface area contributed by atoms with E-state index in [-0.39, 0.29) is 6.42 Å². The van der Waals surface area contributed by atoms with Gasteiger partial charge in [0.15, 0.2) is 0 Å². The fraction of sp³-hybridized carbons (Fsp3) is 0.733. The normalized spacial score (nSPS) is 16.7. The van der Waals surface area contributed by atoms with Gasteiger partial charge in [0.1, 0.15) is 0 Å². The summed E-state index contributed by atoms with van der Waals surface area (Å²) in [6.45, 7) is 4.23.